The number of rotatable bonds is 2. The Kier molecular flexibility index (Phi) is 5.41. The van der Waals surface area contributed by atoms with Crippen LogP contribution in [0.2, 0.25) is 0 Å². The second kappa shape index (κ2) is 6.93. The van der Waals surface area contributed by atoms with E-state index in [0.717, 1.165) is 28.5 Å². The molecule has 122 valence electrons. The molecule has 1 aromatic rings. The Morgan fingerprint density at radius 2 is 1.95 bits per heavy atom. The van der Waals surface area contributed by atoms with E-state index in [2.05, 4.69) is 10.2 Å². The number of morpholine rings is 1. The fourth-order valence-corrected chi connectivity index (χ4v) is 3.95. The summed E-state index contributed by atoms with van der Waals surface area (Å²) in [5, 5.41) is 4.59. The Morgan fingerprint density at radius 3 is 2.50 bits per heavy atom. The molecule has 5 nitrogen and oxygen atoms in total. The monoisotopic (exact) mass is 342 g/mol. The molecule has 1 fully saturated rings. The Hall–Kier alpha value is -1.18. The van der Waals surface area contributed by atoms with Gasteiger partial charge in [-0.05, 0) is 45.5 Å². The SMILES string of the molecule is COC(=O)c1c(NC(=S)N2C[C@@H](C)O[C@H](C)C2)sc(C)c1C. The van der Waals surface area contributed by atoms with Gasteiger partial charge in [0.25, 0.3) is 0 Å². The van der Waals surface area contributed by atoms with Crippen LogP contribution in [0.5, 0.6) is 0 Å². The third kappa shape index (κ3) is 3.59. The summed E-state index contributed by atoms with van der Waals surface area (Å²) in [6.07, 6.45) is 0.269. The van der Waals surface area contributed by atoms with E-state index in [1.807, 2.05) is 27.7 Å². The average molecular weight is 342 g/mol. The van der Waals surface area contributed by atoms with Gasteiger partial charge in [-0.1, -0.05) is 0 Å². The molecular weight excluding hydrogens is 320 g/mol. The summed E-state index contributed by atoms with van der Waals surface area (Å²) in [5.74, 6) is -0.337. The lowest BCUT2D eigenvalue weighted by atomic mass is 10.1. The summed E-state index contributed by atoms with van der Waals surface area (Å²) in [4.78, 5) is 15.2. The molecule has 2 heterocycles. The summed E-state index contributed by atoms with van der Waals surface area (Å²) in [5.41, 5.74) is 1.51. The standard InChI is InChI=1S/C15H22N2O3S2/c1-8-6-17(7-9(2)20-8)15(21)16-13-12(14(18)19-5)10(3)11(4)22-13/h8-9H,6-7H2,1-5H3,(H,16,21)/t8-,9-/m1/s1. The normalized spacial score (nSPS) is 21.6. The third-order valence-electron chi connectivity index (χ3n) is 3.70. The number of carbonyl (C=O) groups excluding carboxylic acids is 1. The van der Waals surface area contributed by atoms with Crippen molar-refractivity contribution >= 4 is 39.6 Å². The smallest absolute Gasteiger partial charge is 0.341 e. The van der Waals surface area contributed by atoms with Gasteiger partial charge in [0, 0.05) is 18.0 Å². The van der Waals surface area contributed by atoms with E-state index in [-0.39, 0.29) is 18.2 Å². The van der Waals surface area contributed by atoms with Crippen LogP contribution in [0, 0.1) is 13.8 Å². The third-order valence-corrected chi connectivity index (χ3v) is 5.19. The van der Waals surface area contributed by atoms with Crippen molar-refractivity contribution in [1.82, 2.24) is 4.90 Å². The van der Waals surface area contributed by atoms with Crippen molar-refractivity contribution in [2.24, 2.45) is 0 Å². The summed E-state index contributed by atoms with van der Waals surface area (Å²) >= 11 is 7.03. The Bertz CT molecular complexity index is 576. The number of nitrogens with one attached hydrogen (secondary N) is 1. The van der Waals surface area contributed by atoms with Crippen LogP contribution >= 0.6 is 23.6 Å². The first kappa shape index (κ1) is 17.2. The van der Waals surface area contributed by atoms with Crippen LogP contribution in [0.4, 0.5) is 5.00 Å². The zero-order chi connectivity index (χ0) is 16.4. The molecule has 1 N–H and O–H groups in total. The number of anilines is 1. The highest BCUT2D eigenvalue weighted by molar-refractivity contribution is 7.80. The Morgan fingerprint density at radius 1 is 1.36 bits per heavy atom. The predicted octanol–water partition coefficient (Wildman–Crippen LogP) is 2.96. The number of ether oxygens (including phenoxy) is 2. The zero-order valence-corrected chi connectivity index (χ0v) is 15.2. The average Bonchev–Trinajstić information content (AvgIpc) is 2.72. The van der Waals surface area contributed by atoms with Gasteiger partial charge >= 0.3 is 5.97 Å². The van der Waals surface area contributed by atoms with Crippen molar-refractivity contribution in [1.29, 1.82) is 0 Å². The molecule has 0 saturated carbocycles. The molecule has 0 radical (unpaired) electrons. The second-order valence-electron chi connectivity index (χ2n) is 5.57. The van der Waals surface area contributed by atoms with Gasteiger partial charge in [-0.15, -0.1) is 11.3 Å². The lowest BCUT2D eigenvalue weighted by Crippen LogP contribution is -2.49. The molecule has 0 spiro atoms. The largest absolute Gasteiger partial charge is 0.465 e. The summed E-state index contributed by atoms with van der Waals surface area (Å²) in [7, 11) is 1.39. The van der Waals surface area contributed by atoms with Gasteiger partial charge in [-0.25, -0.2) is 4.79 Å². The number of hydrogen-bond acceptors (Lipinski definition) is 5. The van der Waals surface area contributed by atoms with Gasteiger partial charge in [0.15, 0.2) is 5.11 Å². The molecule has 1 aliphatic heterocycles. The van der Waals surface area contributed by atoms with Crippen LogP contribution in [0.15, 0.2) is 0 Å². The van der Waals surface area contributed by atoms with Gasteiger partial charge in [0.1, 0.15) is 5.00 Å². The quantitative estimate of drug-likeness (QED) is 0.659. The molecule has 7 heteroatoms. The number of aryl methyl sites for hydroxylation is 1. The predicted molar refractivity (Wildman–Crippen MR) is 92.9 cm³/mol. The molecule has 0 aromatic carbocycles. The fourth-order valence-electron chi connectivity index (χ4n) is 2.58. The lowest BCUT2D eigenvalue weighted by Gasteiger charge is -2.36. The lowest BCUT2D eigenvalue weighted by molar-refractivity contribution is -0.0473. The summed E-state index contributed by atoms with van der Waals surface area (Å²) in [6, 6.07) is 0. The van der Waals surface area contributed by atoms with E-state index >= 15 is 0 Å². The molecule has 1 saturated heterocycles. The van der Waals surface area contributed by atoms with Crippen LogP contribution in [-0.2, 0) is 9.47 Å². The number of thiophene rings is 1. The molecule has 1 aromatic heterocycles. The van der Waals surface area contributed by atoms with E-state index in [1.165, 1.54) is 18.4 Å². The van der Waals surface area contributed by atoms with Crippen molar-refractivity contribution in [2.45, 2.75) is 39.9 Å². The van der Waals surface area contributed by atoms with E-state index < -0.39 is 0 Å². The molecule has 22 heavy (non-hydrogen) atoms. The van der Waals surface area contributed by atoms with Crippen molar-refractivity contribution in [2.75, 3.05) is 25.5 Å². The molecule has 1 aliphatic rings. The van der Waals surface area contributed by atoms with Crippen LogP contribution in [0.3, 0.4) is 0 Å². The molecule has 0 amide bonds. The fraction of sp³-hybridized carbons (Fsp3) is 0.600. The minimum atomic E-state index is -0.337. The maximum Gasteiger partial charge on any atom is 0.341 e. The van der Waals surface area contributed by atoms with E-state index in [1.54, 1.807) is 0 Å². The zero-order valence-electron chi connectivity index (χ0n) is 13.6. The number of nitrogens with zero attached hydrogens (tertiary/aromatic N) is 1. The minimum absolute atomic E-state index is 0.135. The minimum Gasteiger partial charge on any atom is -0.465 e. The molecular formula is C15H22N2O3S2. The number of carbonyl (C=O) groups is 1. The van der Waals surface area contributed by atoms with Gasteiger partial charge in [-0.3, -0.25) is 0 Å². The van der Waals surface area contributed by atoms with Crippen LogP contribution in [0.25, 0.3) is 0 Å². The molecule has 0 bridgehead atoms. The second-order valence-corrected chi connectivity index (χ2v) is 7.18. The van der Waals surface area contributed by atoms with Gasteiger partial charge in [0.2, 0.25) is 0 Å². The maximum atomic E-state index is 12.0. The van der Waals surface area contributed by atoms with Gasteiger partial charge in [-0.2, -0.15) is 0 Å². The van der Waals surface area contributed by atoms with E-state index in [0.29, 0.717) is 10.7 Å². The van der Waals surface area contributed by atoms with Crippen molar-refractivity contribution < 1.29 is 14.3 Å². The number of methoxy groups -OCH3 is 1. The maximum absolute atomic E-state index is 12.0. The topological polar surface area (TPSA) is 50.8 Å². The Balaban J connectivity index is 2.18. The highest BCUT2D eigenvalue weighted by Gasteiger charge is 2.26. The van der Waals surface area contributed by atoms with Crippen molar-refractivity contribution in [3.8, 4) is 0 Å². The van der Waals surface area contributed by atoms with Crippen molar-refractivity contribution in [3.63, 3.8) is 0 Å². The van der Waals surface area contributed by atoms with Crippen LogP contribution in [-0.4, -0.2) is 48.4 Å². The number of thiocarbonyl (C=S) groups is 1. The van der Waals surface area contributed by atoms with Crippen LogP contribution in [0.1, 0.15) is 34.6 Å². The van der Waals surface area contributed by atoms with E-state index in [4.69, 9.17) is 21.7 Å². The van der Waals surface area contributed by atoms with E-state index in [9.17, 15) is 4.79 Å². The van der Waals surface area contributed by atoms with Crippen LogP contribution < -0.4 is 5.32 Å². The van der Waals surface area contributed by atoms with Gasteiger partial charge < -0.3 is 19.7 Å². The molecule has 2 atom stereocenters. The highest BCUT2D eigenvalue weighted by atomic mass is 32.1. The van der Waals surface area contributed by atoms with Gasteiger partial charge in [0.05, 0.1) is 24.9 Å². The summed E-state index contributed by atoms with van der Waals surface area (Å²) < 4.78 is 10.6. The first-order valence-electron chi connectivity index (χ1n) is 7.23. The highest BCUT2D eigenvalue weighted by Crippen LogP contribution is 2.33. The Labute approximate surface area is 140 Å². The molecule has 2 rings (SSSR count). The van der Waals surface area contributed by atoms with Crippen molar-refractivity contribution in [3.05, 3.63) is 16.0 Å². The molecule has 0 aliphatic carbocycles. The first-order valence-corrected chi connectivity index (χ1v) is 8.45. The number of esters is 1. The summed E-state index contributed by atoms with van der Waals surface area (Å²) in [6.45, 7) is 9.46. The molecule has 0 unspecified atom stereocenters. The number of hydrogen-bond donors (Lipinski definition) is 1. The first-order chi connectivity index (χ1) is 10.3.